The van der Waals surface area contributed by atoms with Crippen molar-refractivity contribution in [3.05, 3.63) is 29.8 Å². The third-order valence-electron chi connectivity index (χ3n) is 3.13. The first kappa shape index (κ1) is 11.0. The molecule has 1 fully saturated rings. The van der Waals surface area contributed by atoms with Gasteiger partial charge in [-0.1, -0.05) is 12.1 Å². The van der Waals surface area contributed by atoms with E-state index in [0.717, 1.165) is 25.3 Å². The molecule has 0 N–H and O–H groups in total. The van der Waals surface area contributed by atoms with Gasteiger partial charge in [0.05, 0.1) is 19.7 Å². The zero-order chi connectivity index (χ0) is 11.4. The predicted octanol–water partition coefficient (Wildman–Crippen LogP) is 2.01. The highest BCUT2D eigenvalue weighted by Gasteiger charge is 2.23. The lowest BCUT2D eigenvalue weighted by Gasteiger charge is -2.13. The molecule has 1 aliphatic rings. The lowest BCUT2D eigenvalue weighted by atomic mass is 9.98. The van der Waals surface area contributed by atoms with Gasteiger partial charge in [-0.2, -0.15) is 5.26 Å². The summed E-state index contributed by atoms with van der Waals surface area (Å²) in [7, 11) is 1.69. The van der Waals surface area contributed by atoms with Crippen LogP contribution in [-0.4, -0.2) is 31.6 Å². The average molecular weight is 216 g/mol. The van der Waals surface area contributed by atoms with Gasteiger partial charge in [-0.15, -0.1) is 0 Å². The minimum atomic E-state index is 0.542. The second-order valence-corrected chi connectivity index (χ2v) is 4.16. The number of ether oxygens (including phenoxy) is 1. The van der Waals surface area contributed by atoms with Crippen molar-refractivity contribution in [3.63, 3.8) is 0 Å². The zero-order valence-electron chi connectivity index (χ0n) is 9.52. The summed E-state index contributed by atoms with van der Waals surface area (Å²) in [5.41, 5.74) is 1.32. The summed E-state index contributed by atoms with van der Waals surface area (Å²) in [6, 6.07) is 10.4. The molecule has 1 heterocycles. The Morgan fingerprint density at radius 3 is 3.19 bits per heavy atom. The smallest absolute Gasteiger partial charge is 0.119 e. The van der Waals surface area contributed by atoms with E-state index in [2.05, 4.69) is 23.1 Å². The number of benzene rings is 1. The first-order chi connectivity index (χ1) is 7.83. The molecule has 1 atom stereocenters. The van der Waals surface area contributed by atoms with Gasteiger partial charge in [0.2, 0.25) is 0 Å². The normalized spacial score (nSPS) is 20.6. The van der Waals surface area contributed by atoms with Crippen LogP contribution in [0.15, 0.2) is 24.3 Å². The molecule has 0 saturated carbocycles. The van der Waals surface area contributed by atoms with Gasteiger partial charge in [0.15, 0.2) is 0 Å². The van der Waals surface area contributed by atoms with E-state index in [1.807, 2.05) is 12.1 Å². The first-order valence-corrected chi connectivity index (χ1v) is 5.56. The molecule has 3 heteroatoms. The molecule has 1 aromatic carbocycles. The summed E-state index contributed by atoms with van der Waals surface area (Å²) in [4.78, 5) is 2.20. The van der Waals surface area contributed by atoms with Crippen LogP contribution in [0.5, 0.6) is 5.75 Å². The second kappa shape index (κ2) is 5.00. The molecule has 0 bridgehead atoms. The largest absolute Gasteiger partial charge is 0.497 e. The topological polar surface area (TPSA) is 36.3 Å². The molecular formula is C13H16N2O. The van der Waals surface area contributed by atoms with Crippen molar-refractivity contribution in [1.29, 1.82) is 5.26 Å². The zero-order valence-corrected chi connectivity index (χ0v) is 9.52. The minimum Gasteiger partial charge on any atom is -0.497 e. The maximum Gasteiger partial charge on any atom is 0.119 e. The molecule has 0 amide bonds. The number of nitrogens with zero attached hydrogens (tertiary/aromatic N) is 2. The highest BCUT2D eigenvalue weighted by molar-refractivity contribution is 5.31. The fraction of sp³-hybridized carbons (Fsp3) is 0.462. The molecule has 0 spiro atoms. The van der Waals surface area contributed by atoms with Crippen LogP contribution in [0.3, 0.4) is 0 Å². The molecule has 1 saturated heterocycles. The number of methoxy groups -OCH3 is 1. The van der Waals surface area contributed by atoms with Crippen LogP contribution < -0.4 is 4.74 Å². The summed E-state index contributed by atoms with van der Waals surface area (Å²) in [5, 5.41) is 8.65. The Morgan fingerprint density at radius 1 is 1.56 bits per heavy atom. The van der Waals surface area contributed by atoms with Gasteiger partial charge in [-0.25, -0.2) is 0 Å². The molecule has 2 rings (SSSR count). The van der Waals surface area contributed by atoms with Crippen LogP contribution in [0.4, 0.5) is 0 Å². The molecule has 1 aromatic rings. The number of likely N-dealkylation sites (tertiary alicyclic amines) is 1. The fourth-order valence-electron chi connectivity index (χ4n) is 2.24. The molecule has 0 aromatic heterocycles. The molecule has 0 aliphatic carbocycles. The fourth-order valence-corrected chi connectivity index (χ4v) is 2.24. The Kier molecular flexibility index (Phi) is 3.43. The molecule has 84 valence electrons. The van der Waals surface area contributed by atoms with Crippen molar-refractivity contribution in [2.45, 2.75) is 12.3 Å². The SMILES string of the molecule is COc1cccc(C2CCN(CC#N)C2)c1. The summed E-state index contributed by atoms with van der Waals surface area (Å²) in [5.74, 6) is 1.46. The first-order valence-electron chi connectivity index (χ1n) is 5.56. The molecule has 16 heavy (non-hydrogen) atoms. The number of rotatable bonds is 3. The molecule has 3 nitrogen and oxygen atoms in total. The number of hydrogen-bond acceptors (Lipinski definition) is 3. The van der Waals surface area contributed by atoms with Gasteiger partial charge in [-0.05, 0) is 36.6 Å². The Hall–Kier alpha value is -1.53. The lowest BCUT2D eigenvalue weighted by Crippen LogP contribution is -2.20. The predicted molar refractivity (Wildman–Crippen MR) is 62.4 cm³/mol. The van der Waals surface area contributed by atoms with E-state index in [-0.39, 0.29) is 0 Å². The van der Waals surface area contributed by atoms with Crippen LogP contribution in [0.2, 0.25) is 0 Å². The average Bonchev–Trinajstić information content (AvgIpc) is 2.78. The molecule has 0 radical (unpaired) electrons. The number of nitriles is 1. The van der Waals surface area contributed by atoms with Gasteiger partial charge in [-0.3, -0.25) is 4.90 Å². The van der Waals surface area contributed by atoms with E-state index in [0.29, 0.717) is 12.5 Å². The van der Waals surface area contributed by atoms with Gasteiger partial charge < -0.3 is 4.74 Å². The summed E-state index contributed by atoms with van der Waals surface area (Å²) < 4.78 is 5.22. The highest BCUT2D eigenvalue weighted by Crippen LogP contribution is 2.28. The second-order valence-electron chi connectivity index (χ2n) is 4.16. The van der Waals surface area contributed by atoms with Gasteiger partial charge >= 0.3 is 0 Å². The molecule has 1 aliphatic heterocycles. The number of hydrogen-bond donors (Lipinski definition) is 0. The maximum atomic E-state index is 8.65. The van der Waals surface area contributed by atoms with Gasteiger partial charge in [0, 0.05) is 6.54 Å². The summed E-state index contributed by atoms with van der Waals surface area (Å²) in [6.45, 7) is 2.55. The van der Waals surface area contributed by atoms with Gasteiger partial charge in [0.1, 0.15) is 5.75 Å². The molecular weight excluding hydrogens is 200 g/mol. The highest BCUT2D eigenvalue weighted by atomic mass is 16.5. The Morgan fingerprint density at radius 2 is 2.44 bits per heavy atom. The van der Waals surface area contributed by atoms with E-state index in [9.17, 15) is 0 Å². The summed E-state index contributed by atoms with van der Waals surface area (Å²) in [6.07, 6.45) is 1.13. The van der Waals surface area contributed by atoms with Crippen molar-refractivity contribution in [3.8, 4) is 11.8 Å². The molecule has 1 unspecified atom stereocenters. The van der Waals surface area contributed by atoms with Crippen molar-refractivity contribution < 1.29 is 4.74 Å². The lowest BCUT2D eigenvalue weighted by molar-refractivity contribution is 0.375. The van der Waals surface area contributed by atoms with Crippen LogP contribution in [-0.2, 0) is 0 Å². The van der Waals surface area contributed by atoms with E-state index in [1.165, 1.54) is 5.56 Å². The Bertz CT molecular complexity index is 397. The van der Waals surface area contributed by atoms with Crippen molar-refractivity contribution in [2.24, 2.45) is 0 Å². The van der Waals surface area contributed by atoms with Crippen LogP contribution in [0.1, 0.15) is 17.9 Å². The Labute approximate surface area is 96.2 Å². The van der Waals surface area contributed by atoms with Crippen molar-refractivity contribution in [2.75, 3.05) is 26.7 Å². The van der Waals surface area contributed by atoms with Crippen molar-refractivity contribution >= 4 is 0 Å². The summed E-state index contributed by atoms with van der Waals surface area (Å²) >= 11 is 0. The standard InChI is InChI=1S/C13H16N2O/c1-16-13-4-2-3-11(9-13)12-5-7-15(10-12)8-6-14/h2-4,9,12H,5,7-8,10H2,1H3. The van der Waals surface area contributed by atoms with Gasteiger partial charge in [0.25, 0.3) is 0 Å². The van der Waals surface area contributed by atoms with Crippen LogP contribution >= 0.6 is 0 Å². The van der Waals surface area contributed by atoms with E-state index in [4.69, 9.17) is 10.00 Å². The minimum absolute atomic E-state index is 0.542. The quantitative estimate of drug-likeness (QED) is 0.725. The maximum absolute atomic E-state index is 8.65. The monoisotopic (exact) mass is 216 g/mol. The van der Waals surface area contributed by atoms with E-state index >= 15 is 0 Å². The third-order valence-corrected chi connectivity index (χ3v) is 3.13. The van der Waals surface area contributed by atoms with E-state index < -0.39 is 0 Å². The Balaban J connectivity index is 2.05. The van der Waals surface area contributed by atoms with Crippen molar-refractivity contribution in [1.82, 2.24) is 4.90 Å². The van der Waals surface area contributed by atoms with Crippen LogP contribution in [0, 0.1) is 11.3 Å². The van der Waals surface area contributed by atoms with Crippen LogP contribution in [0.25, 0.3) is 0 Å². The van der Waals surface area contributed by atoms with E-state index in [1.54, 1.807) is 7.11 Å². The third kappa shape index (κ3) is 2.34.